The van der Waals surface area contributed by atoms with Crippen molar-refractivity contribution >= 4 is 16.7 Å². The number of aryl methyl sites for hydroxylation is 1. The van der Waals surface area contributed by atoms with Crippen LogP contribution in [0.3, 0.4) is 0 Å². The van der Waals surface area contributed by atoms with Gasteiger partial charge in [0.05, 0.1) is 6.54 Å². The Bertz CT molecular complexity index is 1200. The van der Waals surface area contributed by atoms with E-state index in [2.05, 4.69) is 10.1 Å². The van der Waals surface area contributed by atoms with Crippen molar-refractivity contribution in [2.45, 2.75) is 32.9 Å². The minimum absolute atomic E-state index is 0.133. The maximum absolute atomic E-state index is 13.0. The molecule has 4 aromatic rings. The molecule has 1 unspecified atom stereocenters. The van der Waals surface area contributed by atoms with Gasteiger partial charge in [0.15, 0.2) is 6.10 Å². The van der Waals surface area contributed by atoms with Crippen molar-refractivity contribution in [2.24, 2.45) is 0 Å². The van der Waals surface area contributed by atoms with Gasteiger partial charge in [0.25, 0.3) is 5.91 Å². The first kappa shape index (κ1) is 20.6. The fraction of sp³-hybridized carbons (Fsp3) is 0.240. The fourth-order valence-corrected chi connectivity index (χ4v) is 3.46. The van der Waals surface area contributed by atoms with Crippen LogP contribution in [0.1, 0.15) is 24.8 Å². The zero-order valence-corrected chi connectivity index (χ0v) is 17.9. The summed E-state index contributed by atoms with van der Waals surface area (Å²) < 4.78 is 11.4. The van der Waals surface area contributed by atoms with E-state index in [0.717, 1.165) is 21.9 Å². The standard InChI is InChI=1S/C25H25N3O3/c1-4-22(30-21-13-12-18-9-5-6-10-19(18)15-21)25(29)28(3)16-23-26-24(27-31-23)20-11-7-8-17(2)14-20/h5-15,22H,4,16H2,1-3H3. The highest BCUT2D eigenvalue weighted by molar-refractivity contribution is 5.84. The summed E-state index contributed by atoms with van der Waals surface area (Å²) in [6.07, 6.45) is -0.0423. The van der Waals surface area contributed by atoms with E-state index in [0.29, 0.717) is 23.9 Å². The van der Waals surface area contributed by atoms with Gasteiger partial charge in [0.2, 0.25) is 11.7 Å². The molecule has 158 valence electrons. The number of nitrogens with zero attached hydrogens (tertiary/aromatic N) is 3. The lowest BCUT2D eigenvalue weighted by Crippen LogP contribution is -2.39. The van der Waals surface area contributed by atoms with Crippen LogP contribution in [-0.2, 0) is 11.3 Å². The molecule has 1 atom stereocenters. The Morgan fingerprint density at radius 1 is 1.06 bits per heavy atom. The molecule has 0 N–H and O–H groups in total. The van der Waals surface area contributed by atoms with Gasteiger partial charge < -0.3 is 14.2 Å². The molecule has 3 aromatic carbocycles. The van der Waals surface area contributed by atoms with Gasteiger partial charge in [-0.3, -0.25) is 4.79 Å². The minimum Gasteiger partial charge on any atom is -0.481 e. The van der Waals surface area contributed by atoms with E-state index in [-0.39, 0.29) is 12.5 Å². The third-order valence-electron chi connectivity index (χ3n) is 5.14. The molecule has 1 amide bonds. The van der Waals surface area contributed by atoms with Crippen molar-refractivity contribution in [3.63, 3.8) is 0 Å². The lowest BCUT2D eigenvalue weighted by Gasteiger charge is -2.22. The van der Waals surface area contributed by atoms with Crippen LogP contribution in [0.2, 0.25) is 0 Å². The first-order valence-corrected chi connectivity index (χ1v) is 10.3. The Kier molecular flexibility index (Phi) is 5.98. The van der Waals surface area contributed by atoms with Gasteiger partial charge in [0.1, 0.15) is 5.75 Å². The summed E-state index contributed by atoms with van der Waals surface area (Å²) in [6, 6.07) is 21.8. The lowest BCUT2D eigenvalue weighted by atomic mass is 10.1. The largest absolute Gasteiger partial charge is 0.481 e. The van der Waals surface area contributed by atoms with Crippen LogP contribution in [0, 0.1) is 6.92 Å². The van der Waals surface area contributed by atoms with Gasteiger partial charge in [-0.15, -0.1) is 0 Å². The smallest absolute Gasteiger partial charge is 0.263 e. The summed E-state index contributed by atoms with van der Waals surface area (Å²) in [5, 5.41) is 6.25. The molecule has 6 nitrogen and oxygen atoms in total. The van der Waals surface area contributed by atoms with E-state index >= 15 is 0 Å². The number of amides is 1. The van der Waals surface area contributed by atoms with Gasteiger partial charge in [-0.25, -0.2) is 0 Å². The van der Waals surface area contributed by atoms with Crippen LogP contribution in [0.15, 0.2) is 71.3 Å². The number of carbonyl (C=O) groups is 1. The van der Waals surface area contributed by atoms with Crippen molar-refractivity contribution in [3.8, 4) is 17.1 Å². The number of ether oxygens (including phenoxy) is 1. The quantitative estimate of drug-likeness (QED) is 0.424. The maximum Gasteiger partial charge on any atom is 0.263 e. The molecule has 1 aromatic heterocycles. The van der Waals surface area contributed by atoms with Gasteiger partial charge in [-0.2, -0.15) is 4.98 Å². The summed E-state index contributed by atoms with van der Waals surface area (Å²) in [4.78, 5) is 19.0. The molecule has 0 fully saturated rings. The maximum atomic E-state index is 13.0. The number of rotatable bonds is 7. The zero-order valence-electron chi connectivity index (χ0n) is 17.9. The number of hydrogen-bond acceptors (Lipinski definition) is 5. The molecule has 0 aliphatic carbocycles. The molecule has 0 saturated heterocycles. The Morgan fingerprint density at radius 2 is 1.87 bits per heavy atom. The molecule has 6 heteroatoms. The van der Waals surface area contributed by atoms with Gasteiger partial charge in [-0.1, -0.05) is 66.2 Å². The fourth-order valence-electron chi connectivity index (χ4n) is 3.46. The highest BCUT2D eigenvalue weighted by Crippen LogP contribution is 2.23. The van der Waals surface area contributed by atoms with Crippen LogP contribution in [0.25, 0.3) is 22.2 Å². The molecule has 0 aliphatic rings. The number of aromatic nitrogens is 2. The van der Waals surface area contributed by atoms with Gasteiger partial charge in [0, 0.05) is 12.6 Å². The predicted octanol–water partition coefficient (Wildman–Crippen LogP) is 5.01. The first-order chi connectivity index (χ1) is 15.0. The molecule has 0 bridgehead atoms. The third kappa shape index (κ3) is 4.74. The second-order valence-electron chi connectivity index (χ2n) is 7.60. The number of benzene rings is 3. The molecular formula is C25H25N3O3. The normalized spacial score (nSPS) is 12.0. The molecule has 4 rings (SSSR count). The molecule has 0 spiro atoms. The molecule has 0 radical (unpaired) electrons. The summed E-state index contributed by atoms with van der Waals surface area (Å²) >= 11 is 0. The summed E-state index contributed by atoms with van der Waals surface area (Å²) in [6.45, 7) is 4.16. The van der Waals surface area contributed by atoms with Crippen LogP contribution in [-0.4, -0.2) is 34.1 Å². The van der Waals surface area contributed by atoms with Crippen molar-refractivity contribution < 1.29 is 14.1 Å². The third-order valence-corrected chi connectivity index (χ3v) is 5.14. The second kappa shape index (κ2) is 9.00. The number of hydrogen-bond donors (Lipinski definition) is 0. The van der Waals surface area contributed by atoms with E-state index in [1.807, 2.05) is 80.6 Å². The Balaban J connectivity index is 1.43. The van der Waals surface area contributed by atoms with E-state index in [1.54, 1.807) is 11.9 Å². The van der Waals surface area contributed by atoms with E-state index < -0.39 is 6.10 Å². The minimum atomic E-state index is -0.592. The van der Waals surface area contributed by atoms with E-state index in [1.165, 1.54) is 0 Å². The Morgan fingerprint density at radius 3 is 2.65 bits per heavy atom. The number of carbonyl (C=O) groups excluding carboxylic acids is 1. The Hall–Kier alpha value is -3.67. The van der Waals surface area contributed by atoms with Crippen LogP contribution in [0.5, 0.6) is 5.75 Å². The highest BCUT2D eigenvalue weighted by Gasteiger charge is 2.24. The first-order valence-electron chi connectivity index (χ1n) is 10.3. The average molecular weight is 415 g/mol. The summed E-state index contributed by atoms with van der Waals surface area (Å²) in [5.74, 6) is 1.43. The number of likely N-dealkylation sites (N-methyl/N-ethyl adjacent to an activating group) is 1. The number of fused-ring (bicyclic) bond motifs is 1. The predicted molar refractivity (Wildman–Crippen MR) is 120 cm³/mol. The van der Waals surface area contributed by atoms with Crippen molar-refractivity contribution in [3.05, 3.63) is 78.2 Å². The highest BCUT2D eigenvalue weighted by atomic mass is 16.5. The average Bonchev–Trinajstić information content (AvgIpc) is 3.25. The summed E-state index contributed by atoms with van der Waals surface area (Å²) in [7, 11) is 1.71. The van der Waals surface area contributed by atoms with Crippen LogP contribution < -0.4 is 4.74 Å². The van der Waals surface area contributed by atoms with Gasteiger partial charge >= 0.3 is 0 Å². The monoisotopic (exact) mass is 415 g/mol. The van der Waals surface area contributed by atoms with Crippen LogP contribution in [0.4, 0.5) is 0 Å². The molecular weight excluding hydrogens is 390 g/mol. The van der Waals surface area contributed by atoms with E-state index in [4.69, 9.17) is 9.26 Å². The molecule has 31 heavy (non-hydrogen) atoms. The lowest BCUT2D eigenvalue weighted by molar-refractivity contribution is -0.138. The SMILES string of the molecule is CCC(Oc1ccc2ccccc2c1)C(=O)N(C)Cc1nc(-c2cccc(C)c2)no1. The molecule has 1 heterocycles. The van der Waals surface area contributed by atoms with Crippen molar-refractivity contribution in [1.82, 2.24) is 15.0 Å². The topological polar surface area (TPSA) is 68.5 Å². The molecule has 0 saturated carbocycles. The van der Waals surface area contributed by atoms with Crippen molar-refractivity contribution in [1.29, 1.82) is 0 Å². The zero-order chi connectivity index (χ0) is 21.8. The summed E-state index contributed by atoms with van der Waals surface area (Å²) in [5.41, 5.74) is 2.00. The van der Waals surface area contributed by atoms with Crippen molar-refractivity contribution in [2.75, 3.05) is 7.05 Å². The Labute approximate surface area is 181 Å². The van der Waals surface area contributed by atoms with E-state index in [9.17, 15) is 4.79 Å². The van der Waals surface area contributed by atoms with Crippen LogP contribution >= 0.6 is 0 Å². The molecule has 0 aliphatic heterocycles. The van der Waals surface area contributed by atoms with Gasteiger partial charge in [-0.05, 0) is 42.3 Å². The second-order valence-corrected chi connectivity index (χ2v) is 7.60.